The number of nitrogens with one attached hydrogen (secondary N) is 1. The Morgan fingerprint density at radius 3 is 2.38 bits per heavy atom. The van der Waals surface area contributed by atoms with Crippen LogP contribution in [0.25, 0.3) is 0 Å². The van der Waals surface area contributed by atoms with Gasteiger partial charge in [-0.05, 0) is 112 Å². The van der Waals surface area contributed by atoms with E-state index in [1.54, 1.807) is 6.92 Å². The molecule has 1 aromatic carbocycles. The van der Waals surface area contributed by atoms with E-state index in [0.717, 1.165) is 92.0 Å². The van der Waals surface area contributed by atoms with E-state index in [4.69, 9.17) is 14.5 Å². The van der Waals surface area contributed by atoms with Crippen LogP contribution in [0.15, 0.2) is 46.5 Å². The Hall–Kier alpha value is -2.57. The molecule has 6 nitrogen and oxygen atoms in total. The number of nitrogens with zero attached hydrogens (tertiary/aromatic N) is 1. The molecule has 1 atom stereocenters. The van der Waals surface area contributed by atoms with Gasteiger partial charge in [0.1, 0.15) is 18.4 Å². The number of ether oxygens (including phenoxy) is 2. The maximum absolute atomic E-state index is 12.7. The van der Waals surface area contributed by atoms with Crippen molar-refractivity contribution in [2.45, 2.75) is 125 Å². The molecular weight excluding hydrogens is 524 g/mol. The molecule has 2 aliphatic rings. The number of aryl methyl sites for hydroxylation is 1. The molecule has 1 N–H and O–H groups in total. The van der Waals surface area contributed by atoms with Gasteiger partial charge >= 0.3 is 5.97 Å². The van der Waals surface area contributed by atoms with Gasteiger partial charge in [-0.1, -0.05) is 58.7 Å². The van der Waals surface area contributed by atoms with Gasteiger partial charge in [0.25, 0.3) is 0 Å². The fourth-order valence-corrected chi connectivity index (χ4v) is 5.37. The van der Waals surface area contributed by atoms with Gasteiger partial charge in [-0.2, -0.15) is 0 Å². The topological polar surface area (TPSA) is 77.0 Å². The molecule has 1 saturated heterocycles. The number of aldehydes is 1. The number of rotatable bonds is 13. The summed E-state index contributed by atoms with van der Waals surface area (Å²) in [5, 5.41) is 3.42. The molecular formula is C36H56N2O4. The van der Waals surface area contributed by atoms with Gasteiger partial charge in [0.05, 0.1) is 11.4 Å². The number of esters is 1. The van der Waals surface area contributed by atoms with Crippen LogP contribution in [0.2, 0.25) is 0 Å². The van der Waals surface area contributed by atoms with Gasteiger partial charge in [0, 0.05) is 19.8 Å². The van der Waals surface area contributed by atoms with Crippen molar-refractivity contribution in [1.82, 2.24) is 5.32 Å². The number of hydrogen-bond acceptors (Lipinski definition) is 6. The average molecular weight is 581 g/mol. The molecule has 2 fully saturated rings. The van der Waals surface area contributed by atoms with Crippen molar-refractivity contribution >= 4 is 23.7 Å². The van der Waals surface area contributed by atoms with Crippen molar-refractivity contribution in [3.05, 3.63) is 52.6 Å². The quantitative estimate of drug-likeness (QED) is 0.0834. The number of allylic oxidation sites excluding steroid dienone is 4. The molecule has 6 heteroatoms. The molecule has 0 amide bonds. The molecule has 1 aromatic rings. The number of hydrogen-bond donors (Lipinski definition) is 1. The van der Waals surface area contributed by atoms with Crippen LogP contribution in [0, 0.1) is 18.8 Å². The van der Waals surface area contributed by atoms with Crippen molar-refractivity contribution in [3.63, 3.8) is 0 Å². The Balaban J connectivity index is 0.000000661. The normalized spacial score (nSPS) is 18.0. The van der Waals surface area contributed by atoms with Gasteiger partial charge in [-0.25, -0.2) is 0 Å². The molecule has 0 bridgehead atoms. The lowest BCUT2D eigenvalue weighted by molar-refractivity contribution is -0.151. The van der Waals surface area contributed by atoms with E-state index in [0.29, 0.717) is 12.1 Å². The predicted octanol–water partition coefficient (Wildman–Crippen LogP) is 8.38. The monoisotopic (exact) mass is 580 g/mol. The minimum absolute atomic E-state index is 0.0844. The van der Waals surface area contributed by atoms with Crippen LogP contribution in [0.1, 0.15) is 110 Å². The summed E-state index contributed by atoms with van der Waals surface area (Å²) in [5.41, 5.74) is 5.63. The molecule has 1 aliphatic carbocycles. The maximum atomic E-state index is 12.7. The number of aliphatic imine (C=N–C) groups is 1. The summed E-state index contributed by atoms with van der Waals surface area (Å²) in [6.07, 6.45) is 14.7. The smallest absolute Gasteiger partial charge is 0.323 e. The van der Waals surface area contributed by atoms with Gasteiger partial charge in [0.15, 0.2) is 0 Å². The van der Waals surface area contributed by atoms with Gasteiger partial charge in [-0.15, -0.1) is 0 Å². The summed E-state index contributed by atoms with van der Waals surface area (Å²) >= 11 is 0. The molecule has 1 heterocycles. The van der Waals surface area contributed by atoms with Crippen molar-refractivity contribution in [2.75, 3.05) is 13.2 Å². The molecule has 42 heavy (non-hydrogen) atoms. The first-order valence-electron chi connectivity index (χ1n) is 16.2. The maximum Gasteiger partial charge on any atom is 0.323 e. The van der Waals surface area contributed by atoms with Crippen molar-refractivity contribution in [3.8, 4) is 0 Å². The third-order valence-electron chi connectivity index (χ3n) is 8.15. The van der Waals surface area contributed by atoms with Crippen LogP contribution in [-0.2, 0) is 25.6 Å². The standard InChI is InChI=1S/C29H42N2O3.C7H14O/c1-7-11-26(29(33)34-25-12-9-10-13-25)30-18-23-15-14-22(6)27(17-23)31-28(20(3)4)24(8-2)16-21(5)19-32;1-2-7-3-5-8-6-4-7/h8,14-17,19-20,25-26,30H,7,9-13,18H2,1-6H3;7H,2-6H2,1H3/b21-16-,24-8+,31-28?;. The number of carbonyl (C=O) groups excluding carboxylic acids is 2. The molecule has 0 spiro atoms. The first-order chi connectivity index (χ1) is 20.2. The van der Waals surface area contributed by atoms with E-state index >= 15 is 0 Å². The fraction of sp³-hybridized carbons (Fsp3) is 0.639. The van der Waals surface area contributed by atoms with Crippen LogP contribution in [0.3, 0.4) is 0 Å². The summed E-state index contributed by atoms with van der Waals surface area (Å²) in [5.74, 6) is 1.03. The summed E-state index contributed by atoms with van der Waals surface area (Å²) in [6.45, 7) is 17.0. The Morgan fingerprint density at radius 2 is 1.83 bits per heavy atom. The third kappa shape index (κ3) is 12.3. The number of carbonyl (C=O) groups is 2. The van der Waals surface area contributed by atoms with E-state index in [1.165, 1.54) is 19.3 Å². The SMILES string of the molecule is C/C=C(\C=C(\C)C=O)C(=Nc1cc(CNC(CCC)C(=O)OC2CCCC2)ccc1C)C(C)C.CCC1CCOCC1. The second-order valence-electron chi connectivity index (χ2n) is 12.1. The lowest BCUT2D eigenvalue weighted by Gasteiger charge is -2.20. The van der Waals surface area contributed by atoms with Crippen LogP contribution < -0.4 is 5.32 Å². The summed E-state index contributed by atoms with van der Waals surface area (Å²) < 4.78 is 11.0. The summed E-state index contributed by atoms with van der Waals surface area (Å²) in [4.78, 5) is 28.9. The molecule has 234 valence electrons. The second kappa shape index (κ2) is 19.6. The Labute approximate surface area is 255 Å². The first-order valence-corrected chi connectivity index (χ1v) is 16.2. The highest BCUT2D eigenvalue weighted by Crippen LogP contribution is 2.25. The highest BCUT2D eigenvalue weighted by atomic mass is 16.5. The van der Waals surface area contributed by atoms with Gasteiger partial charge in [0.2, 0.25) is 0 Å². The summed E-state index contributed by atoms with van der Waals surface area (Å²) in [6, 6.07) is 5.94. The van der Waals surface area contributed by atoms with Crippen LogP contribution in [-0.4, -0.2) is 43.3 Å². The van der Waals surface area contributed by atoms with E-state index in [9.17, 15) is 9.59 Å². The van der Waals surface area contributed by atoms with E-state index in [2.05, 4.69) is 58.1 Å². The van der Waals surface area contributed by atoms with Gasteiger partial charge < -0.3 is 14.8 Å². The lowest BCUT2D eigenvalue weighted by atomic mass is 9.97. The van der Waals surface area contributed by atoms with E-state index in [-0.39, 0.29) is 24.0 Å². The molecule has 0 aromatic heterocycles. The summed E-state index contributed by atoms with van der Waals surface area (Å²) in [7, 11) is 0. The van der Waals surface area contributed by atoms with Gasteiger partial charge in [-0.3, -0.25) is 14.6 Å². The molecule has 3 rings (SSSR count). The Bertz CT molecular complexity index is 1060. The lowest BCUT2D eigenvalue weighted by Crippen LogP contribution is -2.39. The zero-order valence-corrected chi connectivity index (χ0v) is 27.3. The molecule has 1 aliphatic heterocycles. The number of benzene rings is 1. The van der Waals surface area contributed by atoms with Crippen molar-refractivity contribution < 1.29 is 19.1 Å². The average Bonchev–Trinajstić information content (AvgIpc) is 3.51. The van der Waals surface area contributed by atoms with Crippen LogP contribution >= 0.6 is 0 Å². The minimum Gasteiger partial charge on any atom is -0.461 e. The van der Waals surface area contributed by atoms with Crippen LogP contribution in [0.4, 0.5) is 5.69 Å². The van der Waals surface area contributed by atoms with E-state index in [1.807, 2.05) is 19.1 Å². The minimum atomic E-state index is -0.295. The second-order valence-corrected chi connectivity index (χ2v) is 12.1. The third-order valence-corrected chi connectivity index (χ3v) is 8.15. The van der Waals surface area contributed by atoms with Crippen LogP contribution in [0.5, 0.6) is 0 Å². The Kier molecular flexibility index (Phi) is 16.6. The fourth-order valence-electron chi connectivity index (χ4n) is 5.37. The zero-order valence-electron chi connectivity index (χ0n) is 27.3. The molecule has 1 saturated carbocycles. The van der Waals surface area contributed by atoms with Crippen molar-refractivity contribution in [2.24, 2.45) is 16.8 Å². The first kappa shape index (κ1) is 35.6. The molecule has 1 unspecified atom stereocenters. The van der Waals surface area contributed by atoms with Crippen molar-refractivity contribution in [1.29, 1.82) is 0 Å². The highest BCUT2D eigenvalue weighted by Gasteiger charge is 2.25. The zero-order chi connectivity index (χ0) is 30.9. The molecule has 0 radical (unpaired) electrons. The largest absolute Gasteiger partial charge is 0.461 e. The Morgan fingerprint density at radius 1 is 1.14 bits per heavy atom. The highest BCUT2D eigenvalue weighted by molar-refractivity contribution is 6.06. The van der Waals surface area contributed by atoms with E-state index < -0.39 is 0 Å². The predicted molar refractivity (Wildman–Crippen MR) is 174 cm³/mol.